The van der Waals surface area contributed by atoms with E-state index in [4.69, 9.17) is 9.26 Å². The highest BCUT2D eigenvalue weighted by Crippen LogP contribution is 2.36. The maximum absolute atomic E-state index is 13.3. The molecule has 0 aliphatic carbocycles. The Balaban J connectivity index is 1.91. The van der Waals surface area contributed by atoms with Crippen LogP contribution in [0, 0.1) is 5.82 Å². The first kappa shape index (κ1) is 18.3. The van der Waals surface area contributed by atoms with E-state index in [-0.39, 0.29) is 30.0 Å². The van der Waals surface area contributed by atoms with Crippen LogP contribution in [0.15, 0.2) is 28.8 Å². The zero-order chi connectivity index (χ0) is 19.7. The average Bonchev–Trinajstić information content (AvgIpc) is 3.13. The van der Waals surface area contributed by atoms with Crippen LogP contribution in [0.5, 0.6) is 0 Å². The number of fused-ring (bicyclic) bond motifs is 1. The number of rotatable bonds is 4. The quantitative estimate of drug-likeness (QED) is 0.629. The highest BCUT2D eigenvalue weighted by molar-refractivity contribution is 6.00. The van der Waals surface area contributed by atoms with Crippen LogP contribution in [0.25, 0.3) is 22.4 Å². The number of carbonyl (C=O) groups excluding carboxylic acids is 1. The summed E-state index contributed by atoms with van der Waals surface area (Å²) in [5.41, 5.74) is 1.43. The second-order valence-electron chi connectivity index (χ2n) is 6.85. The Kier molecular flexibility index (Phi) is 4.93. The number of piperidine rings is 1. The molecule has 4 rings (SSSR count). The van der Waals surface area contributed by atoms with E-state index < -0.39 is 5.97 Å². The molecule has 1 aliphatic rings. The first-order chi connectivity index (χ1) is 13.6. The van der Waals surface area contributed by atoms with Crippen molar-refractivity contribution in [3.8, 4) is 11.3 Å². The molecule has 0 N–H and O–H groups in total. The first-order valence-corrected chi connectivity index (χ1v) is 9.45. The fraction of sp³-hybridized carbons (Fsp3) is 0.400. The standard InChI is InChI=1S/C20H21FN4O3/c1-3-27-20(26)17-22-18(25-11-5-4-6-12(25)2)15-16(24-28-19(15)23-17)13-7-9-14(21)10-8-13/h7-10,12H,3-6,11H2,1-2H3/t12-/m1/s1. The zero-order valence-electron chi connectivity index (χ0n) is 15.8. The van der Waals surface area contributed by atoms with Crippen LogP contribution in [-0.4, -0.2) is 40.3 Å². The van der Waals surface area contributed by atoms with Gasteiger partial charge in [-0.1, -0.05) is 5.16 Å². The van der Waals surface area contributed by atoms with Gasteiger partial charge in [-0.2, -0.15) is 4.98 Å². The van der Waals surface area contributed by atoms with Crippen molar-refractivity contribution in [3.63, 3.8) is 0 Å². The van der Waals surface area contributed by atoms with Gasteiger partial charge in [0.2, 0.25) is 5.82 Å². The Morgan fingerprint density at radius 2 is 2.07 bits per heavy atom. The molecule has 146 valence electrons. The minimum absolute atomic E-state index is 0.0519. The summed E-state index contributed by atoms with van der Waals surface area (Å²) in [7, 11) is 0. The number of hydrogen-bond donors (Lipinski definition) is 0. The topological polar surface area (TPSA) is 81.4 Å². The molecule has 1 atom stereocenters. The lowest BCUT2D eigenvalue weighted by Gasteiger charge is -2.34. The molecule has 0 bridgehead atoms. The maximum Gasteiger partial charge on any atom is 0.376 e. The van der Waals surface area contributed by atoms with Crippen molar-refractivity contribution in [1.29, 1.82) is 0 Å². The molecular weight excluding hydrogens is 363 g/mol. The third-order valence-electron chi connectivity index (χ3n) is 4.97. The van der Waals surface area contributed by atoms with Crippen LogP contribution >= 0.6 is 0 Å². The Morgan fingerprint density at radius 3 is 2.79 bits per heavy atom. The Bertz CT molecular complexity index is 1000. The summed E-state index contributed by atoms with van der Waals surface area (Å²) in [6, 6.07) is 6.25. The molecule has 8 heteroatoms. The number of aromatic nitrogens is 3. The third kappa shape index (κ3) is 3.30. The van der Waals surface area contributed by atoms with Gasteiger partial charge in [0.15, 0.2) is 0 Å². The van der Waals surface area contributed by atoms with Crippen LogP contribution < -0.4 is 4.90 Å². The molecule has 3 heterocycles. The van der Waals surface area contributed by atoms with Gasteiger partial charge in [-0.3, -0.25) is 0 Å². The molecule has 0 saturated carbocycles. The van der Waals surface area contributed by atoms with Gasteiger partial charge in [0.1, 0.15) is 22.7 Å². The second-order valence-corrected chi connectivity index (χ2v) is 6.85. The van der Waals surface area contributed by atoms with Gasteiger partial charge >= 0.3 is 5.97 Å². The predicted molar refractivity (Wildman–Crippen MR) is 102 cm³/mol. The van der Waals surface area contributed by atoms with Crippen molar-refractivity contribution in [2.45, 2.75) is 39.2 Å². The SMILES string of the molecule is CCOC(=O)c1nc(N2CCCC[C@H]2C)c2c(-c3ccc(F)cc3)noc2n1. The lowest BCUT2D eigenvalue weighted by molar-refractivity contribution is 0.0512. The largest absolute Gasteiger partial charge is 0.460 e. The van der Waals surface area contributed by atoms with Gasteiger partial charge in [-0.05, 0) is 57.4 Å². The summed E-state index contributed by atoms with van der Waals surface area (Å²) in [6.07, 6.45) is 3.20. The summed E-state index contributed by atoms with van der Waals surface area (Å²) in [5.74, 6) is -0.387. The van der Waals surface area contributed by atoms with Crippen LogP contribution in [-0.2, 0) is 4.74 Å². The third-order valence-corrected chi connectivity index (χ3v) is 4.97. The van der Waals surface area contributed by atoms with Crippen molar-refractivity contribution in [1.82, 2.24) is 15.1 Å². The highest BCUT2D eigenvalue weighted by atomic mass is 19.1. The summed E-state index contributed by atoms with van der Waals surface area (Å²) >= 11 is 0. The number of hydrogen-bond acceptors (Lipinski definition) is 7. The number of esters is 1. The van der Waals surface area contributed by atoms with Gasteiger partial charge in [0.25, 0.3) is 5.71 Å². The molecule has 3 aromatic rings. The van der Waals surface area contributed by atoms with Gasteiger partial charge < -0.3 is 14.2 Å². The molecule has 28 heavy (non-hydrogen) atoms. The maximum atomic E-state index is 13.3. The van der Waals surface area contributed by atoms with E-state index in [1.165, 1.54) is 12.1 Å². The van der Waals surface area contributed by atoms with E-state index in [0.717, 1.165) is 25.8 Å². The van der Waals surface area contributed by atoms with E-state index in [1.807, 2.05) is 0 Å². The number of carbonyl (C=O) groups is 1. The van der Waals surface area contributed by atoms with Gasteiger partial charge in [-0.15, -0.1) is 0 Å². The normalized spacial score (nSPS) is 17.1. The molecule has 7 nitrogen and oxygen atoms in total. The number of benzene rings is 1. The van der Waals surface area contributed by atoms with Crippen molar-refractivity contribution >= 4 is 22.9 Å². The van der Waals surface area contributed by atoms with E-state index in [1.54, 1.807) is 19.1 Å². The highest BCUT2D eigenvalue weighted by Gasteiger charge is 2.28. The number of halogens is 1. The summed E-state index contributed by atoms with van der Waals surface area (Å²) in [6.45, 7) is 4.89. The van der Waals surface area contributed by atoms with Crippen molar-refractivity contribution in [2.75, 3.05) is 18.1 Å². The fourth-order valence-electron chi connectivity index (χ4n) is 3.55. The molecule has 1 saturated heterocycles. The second kappa shape index (κ2) is 7.53. The van der Waals surface area contributed by atoms with Crippen molar-refractivity contribution in [3.05, 3.63) is 35.9 Å². The molecular formula is C20H21FN4O3. The van der Waals surface area contributed by atoms with Crippen LogP contribution in [0.3, 0.4) is 0 Å². The molecule has 0 unspecified atom stereocenters. The first-order valence-electron chi connectivity index (χ1n) is 9.45. The van der Waals surface area contributed by atoms with E-state index in [2.05, 4.69) is 26.9 Å². The van der Waals surface area contributed by atoms with E-state index in [9.17, 15) is 9.18 Å². The molecule has 1 fully saturated rings. The lowest BCUT2D eigenvalue weighted by atomic mass is 10.0. The number of ether oxygens (including phenoxy) is 1. The molecule has 0 spiro atoms. The lowest BCUT2D eigenvalue weighted by Crippen LogP contribution is -2.38. The fourth-order valence-corrected chi connectivity index (χ4v) is 3.55. The molecule has 0 amide bonds. The minimum Gasteiger partial charge on any atom is -0.460 e. The predicted octanol–water partition coefficient (Wildman–Crippen LogP) is 3.98. The van der Waals surface area contributed by atoms with Gasteiger partial charge in [-0.25, -0.2) is 14.2 Å². The summed E-state index contributed by atoms with van der Waals surface area (Å²) in [4.78, 5) is 23.2. The van der Waals surface area contributed by atoms with Crippen molar-refractivity contribution < 1.29 is 18.4 Å². The Labute approximate surface area is 161 Å². The summed E-state index contributed by atoms with van der Waals surface area (Å²) in [5, 5.41) is 4.76. The molecule has 1 aromatic carbocycles. The minimum atomic E-state index is -0.602. The van der Waals surface area contributed by atoms with Gasteiger partial charge in [0.05, 0.1) is 6.61 Å². The van der Waals surface area contributed by atoms with Crippen LogP contribution in [0.1, 0.15) is 43.7 Å². The number of nitrogens with zero attached hydrogens (tertiary/aromatic N) is 4. The molecule has 1 aliphatic heterocycles. The molecule has 2 aromatic heterocycles. The smallest absolute Gasteiger partial charge is 0.376 e. The van der Waals surface area contributed by atoms with Crippen LogP contribution in [0.4, 0.5) is 10.2 Å². The van der Waals surface area contributed by atoms with Gasteiger partial charge in [0, 0.05) is 18.2 Å². The van der Waals surface area contributed by atoms with E-state index >= 15 is 0 Å². The number of anilines is 1. The monoisotopic (exact) mass is 384 g/mol. The average molecular weight is 384 g/mol. The van der Waals surface area contributed by atoms with Crippen molar-refractivity contribution in [2.24, 2.45) is 0 Å². The zero-order valence-corrected chi connectivity index (χ0v) is 15.8. The Morgan fingerprint density at radius 1 is 1.29 bits per heavy atom. The Hall–Kier alpha value is -3.03. The van der Waals surface area contributed by atoms with Crippen LogP contribution in [0.2, 0.25) is 0 Å². The van der Waals surface area contributed by atoms with E-state index in [0.29, 0.717) is 22.5 Å². The molecule has 0 radical (unpaired) electrons. The summed E-state index contributed by atoms with van der Waals surface area (Å²) < 4.78 is 23.9.